The predicted octanol–water partition coefficient (Wildman–Crippen LogP) is 1.64. The lowest BCUT2D eigenvalue weighted by molar-refractivity contribution is -0.116. The van der Waals surface area contributed by atoms with E-state index in [1.165, 1.54) is 4.57 Å². The smallest absolute Gasteiger partial charge is 0.250 e. The summed E-state index contributed by atoms with van der Waals surface area (Å²) in [5.41, 5.74) is 8.09. The number of hydrogen-bond donors (Lipinski definition) is 2. The van der Waals surface area contributed by atoms with Gasteiger partial charge in [-0.3, -0.25) is 9.59 Å². The Hall–Kier alpha value is -2.40. The lowest BCUT2D eigenvalue weighted by Crippen LogP contribution is -2.22. The van der Waals surface area contributed by atoms with Gasteiger partial charge in [-0.1, -0.05) is 12.1 Å². The summed E-state index contributed by atoms with van der Waals surface area (Å²) in [4.78, 5) is 23.6. The maximum Gasteiger partial charge on any atom is 0.250 e. The van der Waals surface area contributed by atoms with Gasteiger partial charge in [-0.15, -0.1) is 0 Å². The van der Waals surface area contributed by atoms with Crippen LogP contribution < -0.4 is 16.6 Å². The monoisotopic (exact) mass is 285 g/mol. The summed E-state index contributed by atoms with van der Waals surface area (Å²) in [5, 5.41) is 2.80. The van der Waals surface area contributed by atoms with Crippen molar-refractivity contribution < 1.29 is 4.79 Å². The average molecular weight is 285 g/mol. The van der Waals surface area contributed by atoms with Crippen LogP contribution in [0.25, 0.3) is 0 Å². The van der Waals surface area contributed by atoms with Gasteiger partial charge in [0.2, 0.25) is 5.91 Å². The summed E-state index contributed by atoms with van der Waals surface area (Å²) in [6.07, 6.45) is 1.96. The van der Waals surface area contributed by atoms with Crippen LogP contribution in [0.3, 0.4) is 0 Å². The second-order valence-corrected chi connectivity index (χ2v) is 4.93. The normalized spacial score (nSPS) is 10.4. The van der Waals surface area contributed by atoms with Crippen LogP contribution in [0.1, 0.15) is 17.5 Å². The molecule has 0 unspecified atom stereocenters. The van der Waals surface area contributed by atoms with Crippen molar-refractivity contribution in [3.63, 3.8) is 0 Å². The van der Waals surface area contributed by atoms with Crippen LogP contribution in [0, 0.1) is 6.92 Å². The molecule has 1 aromatic heterocycles. The minimum atomic E-state index is -0.122. The molecule has 110 valence electrons. The van der Waals surface area contributed by atoms with Crippen LogP contribution in [-0.4, -0.2) is 10.5 Å². The molecule has 0 spiro atoms. The summed E-state index contributed by atoms with van der Waals surface area (Å²) >= 11 is 0. The van der Waals surface area contributed by atoms with Crippen molar-refractivity contribution in [2.45, 2.75) is 26.4 Å². The van der Waals surface area contributed by atoms with Gasteiger partial charge in [-0.2, -0.15) is 0 Å². The third-order valence-electron chi connectivity index (χ3n) is 3.20. The zero-order valence-electron chi connectivity index (χ0n) is 12.0. The van der Waals surface area contributed by atoms with Gasteiger partial charge in [0, 0.05) is 37.5 Å². The minimum absolute atomic E-state index is 0.0879. The predicted molar refractivity (Wildman–Crippen MR) is 83.0 cm³/mol. The number of hydrogen-bond acceptors (Lipinski definition) is 3. The summed E-state index contributed by atoms with van der Waals surface area (Å²) in [5.74, 6) is -0.122. The van der Waals surface area contributed by atoms with Gasteiger partial charge in [0.05, 0.1) is 0 Å². The Bertz CT molecular complexity index is 675. The Morgan fingerprint density at radius 2 is 1.95 bits per heavy atom. The van der Waals surface area contributed by atoms with E-state index in [2.05, 4.69) is 5.32 Å². The number of anilines is 1. The molecule has 0 aliphatic heterocycles. The van der Waals surface area contributed by atoms with Gasteiger partial charge < -0.3 is 15.6 Å². The Balaban J connectivity index is 1.91. The number of nitrogens with zero attached hydrogens (tertiary/aromatic N) is 1. The Morgan fingerprint density at radius 1 is 1.24 bits per heavy atom. The molecule has 0 aliphatic rings. The van der Waals surface area contributed by atoms with Gasteiger partial charge in [-0.05, 0) is 36.2 Å². The first-order valence-corrected chi connectivity index (χ1v) is 6.84. The highest BCUT2D eigenvalue weighted by molar-refractivity contribution is 5.90. The molecule has 0 radical (unpaired) electrons. The molecule has 2 rings (SSSR count). The van der Waals surface area contributed by atoms with E-state index in [-0.39, 0.29) is 17.9 Å². The summed E-state index contributed by atoms with van der Waals surface area (Å²) < 4.78 is 1.53. The summed E-state index contributed by atoms with van der Waals surface area (Å²) in [6, 6.07) is 10.8. The molecule has 1 amide bonds. The zero-order valence-corrected chi connectivity index (χ0v) is 12.0. The Labute approximate surface area is 123 Å². The van der Waals surface area contributed by atoms with Gasteiger partial charge in [0.25, 0.3) is 5.56 Å². The summed E-state index contributed by atoms with van der Waals surface area (Å²) in [7, 11) is 0. The quantitative estimate of drug-likeness (QED) is 0.876. The first-order chi connectivity index (χ1) is 10.1. The highest BCUT2D eigenvalue weighted by Gasteiger charge is 2.04. The number of nitrogens with one attached hydrogen (secondary N) is 1. The lowest BCUT2D eigenvalue weighted by Gasteiger charge is -2.08. The van der Waals surface area contributed by atoms with Crippen molar-refractivity contribution in [1.82, 2.24) is 4.57 Å². The zero-order chi connectivity index (χ0) is 15.2. The van der Waals surface area contributed by atoms with Gasteiger partial charge in [0.1, 0.15) is 0 Å². The standard InChI is InChI=1S/C16H19N3O2/c1-12-6-8-19(16(21)10-12)9-7-15(20)18-14-4-2-13(11-17)3-5-14/h2-6,8,10H,7,9,11,17H2,1H3,(H,18,20). The molecule has 0 aliphatic carbocycles. The number of amides is 1. The van der Waals surface area contributed by atoms with Crippen molar-refractivity contribution >= 4 is 11.6 Å². The van der Waals surface area contributed by atoms with E-state index in [0.29, 0.717) is 13.1 Å². The molecule has 3 N–H and O–H groups in total. The third kappa shape index (κ3) is 4.29. The molecule has 1 aromatic carbocycles. The molecule has 0 atom stereocenters. The van der Waals surface area contributed by atoms with E-state index in [9.17, 15) is 9.59 Å². The van der Waals surface area contributed by atoms with Crippen molar-refractivity contribution in [3.8, 4) is 0 Å². The number of aryl methyl sites for hydroxylation is 2. The Morgan fingerprint density at radius 3 is 2.57 bits per heavy atom. The molecule has 5 heteroatoms. The third-order valence-corrected chi connectivity index (χ3v) is 3.20. The first-order valence-electron chi connectivity index (χ1n) is 6.84. The highest BCUT2D eigenvalue weighted by atomic mass is 16.1. The van der Waals surface area contributed by atoms with Gasteiger partial charge in [0.15, 0.2) is 0 Å². The molecule has 0 saturated carbocycles. The molecular formula is C16H19N3O2. The van der Waals surface area contributed by atoms with Crippen molar-refractivity contribution in [2.75, 3.05) is 5.32 Å². The second kappa shape index (κ2) is 6.85. The molecular weight excluding hydrogens is 266 g/mol. The van der Waals surface area contributed by atoms with Crippen molar-refractivity contribution in [3.05, 3.63) is 64.1 Å². The highest BCUT2D eigenvalue weighted by Crippen LogP contribution is 2.09. The molecule has 21 heavy (non-hydrogen) atoms. The number of nitrogens with two attached hydrogens (primary N) is 1. The number of carbonyl (C=O) groups excluding carboxylic acids is 1. The van der Waals surface area contributed by atoms with Crippen LogP contribution in [0.2, 0.25) is 0 Å². The fourth-order valence-corrected chi connectivity index (χ4v) is 1.96. The van der Waals surface area contributed by atoms with Crippen LogP contribution >= 0.6 is 0 Å². The van der Waals surface area contributed by atoms with E-state index in [1.54, 1.807) is 12.3 Å². The maximum absolute atomic E-state index is 11.9. The lowest BCUT2D eigenvalue weighted by atomic mass is 10.2. The molecule has 0 saturated heterocycles. The van der Waals surface area contributed by atoms with Crippen LogP contribution in [0.4, 0.5) is 5.69 Å². The topological polar surface area (TPSA) is 77.1 Å². The molecule has 0 bridgehead atoms. The van der Waals surface area contributed by atoms with E-state index in [4.69, 9.17) is 5.73 Å². The second-order valence-electron chi connectivity index (χ2n) is 4.93. The van der Waals surface area contributed by atoms with E-state index in [1.807, 2.05) is 37.3 Å². The van der Waals surface area contributed by atoms with E-state index >= 15 is 0 Å². The Kier molecular flexibility index (Phi) is 4.90. The number of pyridine rings is 1. The first kappa shape index (κ1) is 15.0. The minimum Gasteiger partial charge on any atom is -0.326 e. The average Bonchev–Trinajstić information content (AvgIpc) is 2.47. The largest absolute Gasteiger partial charge is 0.326 e. The van der Waals surface area contributed by atoms with E-state index in [0.717, 1.165) is 16.8 Å². The van der Waals surface area contributed by atoms with Crippen molar-refractivity contribution in [2.24, 2.45) is 5.73 Å². The van der Waals surface area contributed by atoms with Gasteiger partial charge >= 0.3 is 0 Å². The summed E-state index contributed by atoms with van der Waals surface area (Å²) in [6.45, 7) is 2.71. The molecule has 2 aromatic rings. The SMILES string of the molecule is Cc1ccn(CCC(=O)Nc2ccc(CN)cc2)c(=O)c1. The number of aromatic nitrogens is 1. The maximum atomic E-state index is 11.9. The number of carbonyl (C=O) groups is 1. The van der Waals surface area contributed by atoms with Gasteiger partial charge in [-0.25, -0.2) is 0 Å². The fraction of sp³-hybridized carbons (Fsp3) is 0.250. The van der Waals surface area contributed by atoms with Crippen LogP contribution in [0.15, 0.2) is 47.4 Å². The molecule has 1 heterocycles. The molecule has 0 fully saturated rings. The molecule has 5 nitrogen and oxygen atoms in total. The van der Waals surface area contributed by atoms with Crippen LogP contribution in [-0.2, 0) is 17.9 Å². The van der Waals surface area contributed by atoms with E-state index < -0.39 is 0 Å². The van der Waals surface area contributed by atoms with Crippen molar-refractivity contribution in [1.29, 1.82) is 0 Å². The number of benzene rings is 1. The van der Waals surface area contributed by atoms with Crippen LogP contribution in [0.5, 0.6) is 0 Å². The number of rotatable bonds is 5. The fourth-order valence-electron chi connectivity index (χ4n) is 1.96.